The summed E-state index contributed by atoms with van der Waals surface area (Å²) in [7, 11) is 0. The van der Waals surface area contributed by atoms with Crippen molar-refractivity contribution in [3.63, 3.8) is 0 Å². The van der Waals surface area contributed by atoms with Gasteiger partial charge in [-0.3, -0.25) is 0 Å². The Morgan fingerprint density at radius 2 is 1.80 bits per heavy atom. The molecule has 0 fully saturated rings. The van der Waals surface area contributed by atoms with Crippen molar-refractivity contribution in [2.45, 2.75) is 45.4 Å². The predicted molar refractivity (Wildman–Crippen MR) is 66.3 cm³/mol. The van der Waals surface area contributed by atoms with Gasteiger partial charge in [-0.15, -0.1) is 0 Å². The first-order valence-corrected chi connectivity index (χ1v) is 5.76. The SMILES string of the molecule is C=C1CCc2ccc(C(C)(C)C)cc2C1. The van der Waals surface area contributed by atoms with E-state index < -0.39 is 0 Å². The van der Waals surface area contributed by atoms with Crippen LogP contribution >= 0.6 is 0 Å². The van der Waals surface area contributed by atoms with Crippen LogP contribution in [0.3, 0.4) is 0 Å². The molecule has 1 aliphatic carbocycles. The van der Waals surface area contributed by atoms with Crippen molar-refractivity contribution < 1.29 is 0 Å². The third-order valence-corrected chi connectivity index (χ3v) is 3.26. The molecular formula is C15H20. The number of hydrogen-bond donors (Lipinski definition) is 0. The summed E-state index contributed by atoms with van der Waals surface area (Å²) < 4.78 is 0. The fraction of sp³-hybridized carbons (Fsp3) is 0.467. The number of allylic oxidation sites excluding steroid dienone is 1. The van der Waals surface area contributed by atoms with Crippen LogP contribution in [0.4, 0.5) is 0 Å². The average molecular weight is 200 g/mol. The number of benzene rings is 1. The molecule has 0 amide bonds. The molecule has 15 heavy (non-hydrogen) atoms. The van der Waals surface area contributed by atoms with Gasteiger partial charge >= 0.3 is 0 Å². The van der Waals surface area contributed by atoms with Crippen molar-refractivity contribution in [3.05, 3.63) is 47.0 Å². The highest BCUT2D eigenvalue weighted by molar-refractivity contribution is 5.39. The summed E-state index contributed by atoms with van der Waals surface area (Å²) in [5.74, 6) is 0. The van der Waals surface area contributed by atoms with E-state index in [1.165, 1.54) is 35.1 Å². The van der Waals surface area contributed by atoms with Crippen LogP contribution in [0.1, 0.15) is 43.9 Å². The minimum Gasteiger partial charge on any atom is -0.0995 e. The molecule has 0 aromatic heterocycles. The van der Waals surface area contributed by atoms with Gasteiger partial charge in [-0.2, -0.15) is 0 Å². The highest BCUT2D eigenvalue weighted by atomic mass is 14.2. The van der Waals surface area contributed by atoms with E-state index in [2.05, 4.69) is 45.5 Å². The van der Waals surface area contributed by atoms with E-state index in [9.17, 15) is 0 Å². The molecule has 80 valence electrons. The summed E-state index contributed by atoms with van der Waals surface area (Å²) in [6.45, 7) is 10.9. The lowest BCUT2D eigenvalue weighted by Crippen LogP contribution is -2.13. The smallest absolute Gasteiger partial charge is 0.00669 e. The van der Waals surface area contributed by atoms with Gasteiger partial charge < -0.3 is 0 Å². The van der Waals surface area contributed by atoms with Crippen molar-refractivity contribution in [1.82, 2.24) is 0 Å². The Labute approximate surface area is 93.0 Å². The second-order valence-corrected chi connectivity index (χ2v) is 5.66. The number of hydrogen-bond acceptors (Lipinski definition) is 0. The van der Waals surface area contributed by atoms with Crippen molar-refractivity contribution in [3.8, 4) is 0 Å². The Bertz CT molecular complexity index is 391. The van der Waals surface area contributed by atoms with E-state index in [0.717, 1.165) is 6.42 Å². The molecule has 0 spiro atoms. The van der Waals surface area contributed by atoms with Crippen molar-refractivity contribution in [2.75, 3.05) is 0 Å². The Hall–Kier alpha value is -1.04. The second-order valence-electron chi connectivity index (χ2n) is 5.66. The lowest BCUT2D eigenvalue weighted by atomic mass is 9.81. The average Bonchev–Trinajstić information content (AvgIpc) is 2.15. The number of rotatable bonds is 0. The monoisotopic (exact) mass is 200 g/mol. The Kier molecular flexibility index (Phi) is 2.46. The highest BCUT2D eigenvalue weighted by Gasteiger charge is 2.17. The Morgan fingerprint density at radius 3 is 2.47 bits per heavy atom. The molecule has 0 saturated carbocycles. The molecule has 0 aliphatic heterocycles. The molecule has 0 unspecified atom stereocenters. The van der Waals surface area contributed by atoms with Crippen LogP contribution in [0, 0.1) is 0 Å². The first-order valence-electron chi connectivity index (χ1n) is 5.76. The second kappa shape index (κ2) is 3.52. The van der Waals surface area contributed by atoms with E-state index >= 15 is 0 Å². The molecule has 2 rings (SSSR count). The van der Waals surface area contributed by atoms with Crippen molar-refractivity contribution in [2.24, 2.45) is 0 Å². The maximum Gasteiger partial charge on any atom is -0.00669 e. The number of fused-ring (bicyclic) bond motifs is 1. The molecule has 0 heteroatoms. The van der Waals surface area contributed by atoms with Crippen molar-refractivity contribution in [1.29, 1.82) is 0 Å². The van der Waals surface area contributed by atoms with Crippen LogP contribution in [0.2, 0.25) is 0 Å². The van der Waals surface area contributed by atoms with Crippen molar-refractivity contribution >= 4 is 0 Å². The molecule has 0 radical (unpaired) electrons. The molecule has 1 aromatic carbocycles. The topological polar surface area (TPSA) is 0 Å². The lowest BCUT2D eigenvalue weighted by molar-refractivity contribution is 0.588. The molecule has 0 N–H and O–H groups in total. The van der Waals surface area contributed by atoms with E-state index in [1.54, 1.807) is 0 Å². The normalized spacial score (nSPS) is 16.3. The summed E-state index contributed by atoms with van der Waals surface area (Å²) in [6, 6.07) is 6.97. The van der Waals surface area contributed by atoms with Crippen LogP contribution in [0.25, 0.3) is 0 Å². The first kappa shape index (κ1) is 10.5. The van der Waals surface area contributed by atoms with E-state index in [1.807, 2.05) is 0 Å². The molecule has 1 aromatic rings. The molecule has 0 nitrogen and oxygen atoms in total. The maximum atomic E-state index is 4.10. The van der Waals surface area contributed by atoms with Gasteiger partial charge in [-0.05, 0) is 41.4 Å². The molecule has 1 aliphatic rings. The van der Waals surface area contributed by atoms with E-state index in [-0.39, 0.29) is 5.41 Å². The molecule has 0 bridgehead atoms. The third-order valence-electron chi connectivity index (χ3n) is 3.26. The molecule has 0 saturated heterocycles. The van der Waals surface area contributed by atoms with E-state index in [0.29, 0.717) is 0 Å². The molecular weight excluding hydrogens is 180 g/mol. The van der Waals surface area contributed by atoms with Gasteiger partial charge in [0.1, 0.15) is 0 Å². The summed E-state index contributed by atoms with van der Waals surface area (Å²) in [5, 5.41) is 0. The summed E-state index contributed by atoms with van der Waals surface area (Å²) in [5.41, 5.74) is 6.10. The first-order chi connectivity index (χ1) is 6.97. The zero-order valence-electron chi connectivity index (χ0n) is 10.1. The third kappa shape index (κ3) is 2.14. The Morgan fingerprint density at radius 1 is 1.07 bits per heavy atom. The van der Waals surface area contributed by atoms with Crippen LogP contribution < -0.4 is 0 Å². The van der Waals surface area contributed by atoms with Crippen LogP contribution in [-0.2, 0) is 18.3 Å². The zero-order chi connectivity index (χ0) is 11.1. The van der Waals surface area contributed by atoms with Gasteiger partial charge in [-0.1, -0.05) is 51.1 Å². The highest BCUT2D eigenvalue weighted by Crippen LogP contribution is 2.29. The largest absolute Gasteiger partial charge is 0.0995 e. The maximum absolute atomic E-state index is 4.10. The minimum atomic E-state index is 0.258. The summed E-state index contributed by atoms with van der Waals surface area (Å²) in [4.78, 5) is 0. The van der Waals surface area contributed by atoms with Crippen LogP contribution in [0.15, 0.2) is 30.4 Å². The molecule has 0 atom stereocenters. The standard InChI is InChI=1S/C15H20/c1-11-5-6-12-7-8-14(15(2,3)4)10-13(12)9-11/h7-8,10H,1,5-6,9H2,2-4H3. The van der Waals surface area contributed by atoms with Crippen LogP contribution in [-0.4, -0.2) is 0 Å². The Balaban J connectivity index is 2.41. The fourth-order valence-electron chi connectivity index (χ4n) is 2.17. The van der Waals surface area contributed by atoms with Gasteiger partial charge in [-0.25, -0.2) is 0 Å². The fourth-order valence-corrected chi connectivity index (χ4v) is 2.17. The lowest BCUT2D eigenvalue weighted by Gasteiger charge is -2.24. The quantitative estimate of drug-likeness (QED) is 0.555. The van der Waals surface area contributed by atoms with Gasteiger partial charge in [0.05, 0.1) is 0 Å². The molecule has 0 heterocycles. The predicted octanol–water partition coefficient (Wildman–Crippen LogP) is 4.03. The van der Waals surface area contributed by atoms with Gasteiger partial charge in [0.15, 0.2) is 0 Å². The minimum absolute atomic E-state index is 0.258. The van der Waals surface area contributed by atoms with Gasteiger partial charge in [0.2, 0.25) is 0 Å². The van der Waals surface area contributed by atoms with Gasteiger partial charge in [0, 0.05) is 0 Å². The van der Waals surface area contributed by atoms with Gasteiger partial charge in [0.25, 0.3) is 0 Å². The number of aryl methyl sites for hydroxylation is 1. The summed E-state index contributed by atoms with van der Waals surface area (Å²) in [6.07, 6.45) is 3.43. The summed E-state index contributed by atoms with van der Waals surface area (Å²) >= 11 is 0. The van der Waals surface area contributed by atoms with Crippen LogP contribution in [0.5, 0.6) is 0 Å². The van der Waals surface area contributed by atoms with E-state index in [4.69, 9.17) is 0 Å². The zero-order valence-corrected chi connectivity index (χ0v) is 10.1.